The number of hydrogen-bond acceptors (Lipinski definition) is 2. The Labute approximate surface area is 143 Å². The van der Waals surface area contributed by atoms with E-state index in [4.69, 9.17) is 16.7 Å². The van der Waals surface area contributed by atoms with Gasteiger partial charge in [0.1, 0.15) is 0 Å². The maximum atomic E-state index is 12.3. The zero-order chi connectivity index (χ0) is 16.3. The molecule has 1 aromatic carbocycles. The van der Waals surface area contributed by atoms with Gasteiger partial charge < -0.3 is 10.0 Å². The van der Waals surface area contributed by atoms with Crippen molar-refractivity contribution < 1.29 is 14.7 Å². The maximum absolute atomic E-state index is 12.3. The van der Waals surface area contributed by atoms with Crippen LogP contribution in [0.1, 0.15) is 25.3 Å². The molecule has 0 radical (unpaired) electrons. The lowest BCUT2D eigenvalue weighted by atomic mass is 9.87. The van der Waals surface area contributed by atoms with Gasteiger partial charge in [0, 0.05) is 29.0 Å². The van der Waals surface area contributed by atoms with Crippen molar-refractivity contribution >= 4 is 39.4 Å². The predicted octanol–water partition coefficient (Wildman–Crippen LogP) is 3.60. The van der Waals surface area contributed by atoms with E-state index < -0.39 is 5.97 Å². The normalized spacial score (nSPS) is 21.7. The summed E-state index contributed by atoms with van der Waals surface area (Å²) in [5, 5.41) is 9.78. The van der Waals surface area contributed by atoms with E-state index in [0.29, 0.717) is 37.4 Å². The highest BCUT2D eigenvalue weighted by Gasteiger charge is 2.32. The van der Waals surface area contributed by atoms with Gasteiger partial charge in [-0.1, -0.05) is 34.5 Å². The number of aryl methyl sites for hydroxylation is 1. The summed E-state index contributed by atoms with van der Waals surface area (Å²) < 4.78 is 0.947. The topological polar surface area (TPSA) is 57.6 Å². The Morgan fingerprint density at radius 2 is 2.18 bits per heavy atom. The van der Waals surface area contributed by atoms with Crippen LogP contribution in [0.4, 0.5) is 0 Å². The fourth-order valence-corrected chi connectivity index (χ4v) is 3.51. The standard InChI is InChI=1S/C16H19BrClNO3/c1-10-9-19(7-6-13(10)16(21)22)15(20)5-2-11-8-12(18)3-4-14(11)17/h3-4,8,10,13H,2,5-7,9H2,1H3,(H,21,22). The first-order chi connectivity index (χ1) is 10.4. The molecule has 1 aliphatic rings. The molecule has 0 spiro atoms. The van der Waals surface area contributed by atoms with Gasteiger partial charge in [0.15, 0.2) is 0 Å². The van der Waals surface area contributed by atoms with Crippen LogP contribution in [0, 0.1) is 11.8 Å². The lowest BCUT2D eigenvalue weighted by Crippen LogP contribution is -2.45. The average Bonchev–Trinajstić information content (AvgIpc) is 2.47. The van der Waals surface area contributed by atoms with Crippen molar-refractivity contribution in [3.63, 3.8) is 0 Å². The first kappa shape index (κ1) is 17.3. The third-order valence-electron chi connectivity index (χ3n) is 4.19. The first-order valence-corrected chi connectivity index (χ1v) is 8.50. The number of carboxylic acids is 1. The van der Waals surface area contributed by atoms with Gasteiger partial charge in [0.05, 0.1) is 5.92 Å². The second-order valence-electron chi connectivity index (χ2n) is 5.79. The monoisotopic (exact) mass is 387 g/mol. The third-order valence-corrected chi connectivity index (χ3v) is 5.20. The van der Waals surface area contributed by atoms with Gasteiger partial charge in [-0.2, -0.15) is 0 Å². The molecule has 2 unspecified atom stereocenters. The summed E-state index contributed by atoms with van der Waals surface area (Å²) in [6, 6.07) is 5.54. The van der Waals surface area contributed by atoms with Crippen LogP contribution < -0.4 is 0 Å². The predicted molar refractivity (Wildman–Crippen MR) is 89.0 cm³/mol. The van der Waals surface area contributed by atoms with Crippen molar-refractivity contribution in [3.05, 3.63) is 33.3 Å². The Morgan fingerprint density at radius 1 is 1.45 bits per heavy atom. The number of rotatable bonds is 4. The maximum Gasteiger partial charge on any atom is 0.306 e. The zero-order valence-corrected chi connectivity index (χ0v) is 14.7. The number of carboxylic acid groups (broad SMARTS) is 1. The van der Waals surface area contributed by atoms with Crippen LogP contribution >= 0.6 is 27.5 Å². The van der Waals surface area contributed by atoms with Gasteiger partial charge in [-0.25, -0.2) is 0 Å². The molecule has 22 heavy (non-hydrogen) atoms. The minimum atomic E-state index is -0.762. The number of benzene rings is 1. The van der Waals surface area contributed by atoms with E-state index in [-0.39, 0.29) is 17.7 Å². The Morgan fingerprint density at radius 3 is 2.82 bits per heavy atom. The van der Waals surface area contributed by atoms with Gasteiger partial charge in [0.2, 0.25) is 5.91 Å². The summed E-state index contributed by atoms with van der Waals surface area (Å²) in [6.45, 7) is 2.94. The molecule has 1 amide bonds. The lowest BCUT2D eigenvalue weighted by molar-refractivity contribution is -0.148. The molecule has 1 N–H and O–H groups in total. The zero-order valence-electron chi connectivity index (χ0n) is 12.4. The van der Waals surface area contributed by atoms with Gasteiger partial charge in [-0.15, -0.1) is 0 Å². The molecule has 2 rings (SSSR count). The van der Waals surface area contributed by atoms with Gasteiger partial charge >= 0.3 is 5.97 Å². The van der Waals surface area contributed by atoms with E-state index in [9.17, 15) is 9.59 Å². The first-order valence-electron chi connectivity index (χ1n) is 7.33. The molecule has 120 valence electrons. The van der Waals surface area contributed by atoms with Gasteiger partial charge in [-0.3, -0.25) is 9.59 Å². The van der Waals surface area contributed by atoms with Crippen molar-refractivity contribution in [1.29, 1.82) is 0 Å². The fraction of sp³-hybridized carbons (Fsp3) is 0.500. The Hall–Kier alpha value is -1.07. The summed E-state index contributed by atoms with van der Waals surface area (Å²) in [7, 11) is 0. The molecule has 1 aliphatic heterocycles. The molecule has 0 aromatic heterocycles. The minimum absolute atomic E-state index is 0.00638. The van der Waals surface area contributed by atoms with Crippen LogP contribution in [0.15, 0.2) is 22.7 Å². The molecule has 1 saturated heterocycles. The Kier molecular flexibility index (Phi) is 5.87. The van der Waals surface area contributed by atoms with Crippen LogP contribution in [0.25, 0.3) is 0 Å². The highest BCUT2D eigenvalue weighted by atomic mass is 79.9. The summed E-state index contributed by atoms with van der Waals surface area (Å²) in [6.07, 6.45) is 1.56. The van der Waals surface area contributed by atoms with Crippen molar-refractivity contribution in [2.24, 2.45) is 11.8 Å². The largest absolute Gasteiger partial charge is 0.481 e. The number of piperidine rings is 1. The summed E-state index contributed by atoms with van der Waals surface area (Å²) >= 11 is 9.43. The smallest absolute Gasteiger partial charge is 0.306 e. The molecule has 0 saturated carbocycles. The molecule has 1 fully saturated rings. The van der Waals surface area contributed by atoms with Crippen molar-refractivity contribution in [3.8, 4) is 0 Å². The van der Waals surface area contributed by atoms with E-state index in [0.717, 1.165) is 10.0 Å². The summed E-state index contributed by atoms with van der Waals surface area (Å²) in [5.74, 6) is -1.04. The van der Waals surface area contributed by atoms with E-state index in [2.05, 4.69) is 15.9 Å². The molecule has 1 heterocycles. The van der Waals surface area contributed by atoms with Crippen molar-refractivity contribution in [2.75, 3.05) is 13.1 Å². The molecule has 0 aliphatic carbocycles. The van der Waals surface area contributed by atoms with Crippen LogP contribution in [-0.2, 0) is 16.0 Å². The van der Waals surface area contributed by atoms with E-state index in [1.807, 2.05) is 19.1 Å². The van der Waals surface area contributed by atoms with E-state index in [1.54, 1.807) is 11.0 Å². The number of carbonyl (C=O) groups is 2. The second-order valence-corrected chi connectivity index (χ2v) is 7.08. The molecular weight excluding hydrogens is 370 g/mol. The van der Waals surface area contributed by atoms with E-state index in [1.165, 1.54) is 0 Å². The highest BCUT2D eigenvalue weighted by Crippen LogP contribution is 2.25. The molecule has 2 atom stereocenters. The molecule has 6 heteroatoms. The molecule has 0 bridgehead atoms. The van der Waals surface area contributed by atoms with Crippen LogP contribution in [0.3, 0.4) is 0 Å². The number of hydrogen-bond donors (Lipinski definition) is 1. The lowest BCUT2D eigenvalue weighted by Gasteiger charge is -2.35. The second kappa shape index (κ2) is 7.47. The Balaban J connectivity index is 1.91. The Bertz CT molecular complexity index is 579. The minimum Gasteiger partial charge on any atom is -0.481 e. The number of likely N-dealkylation sites (tertiary alicyclic amines) is 1. The molecule has 4 nitrogen and oxygen atoms in total. The summed E-state index contributed by atoms with van der Waals surface area (Å²) in [5.41, 5.74) is 1.01. The van der Waals surface area contributed by atoms with Crippen LogP contribution in [0.5, 0.6) is 0 Å². The van der Waals surface area contributed by atoms with Gasteiger partial charge in [-0.05, 0) is 42.5 Å². The van der Waals surface area contributed by atoms with Crippen molar-refractivity contribution in [2.45, 2.75) is 26.2 Å². The van der Waals surface area contributed by atoms with Crippen molar-refractivity contribution in [1.82, 2.24) is 4.90 Å². The number of carbonyl (C=O) groups excluding carboxylic acids is 1. The molecular formula is C16H19BrClNO3. The third kappa shape index (κ3) is 4.23. The SMILES string of the molecule is CC1CN(C(=O)CCc2cc(Cl)ccc2Br)CCC1C(=O)O. The van der Waals surface area contributed by atoms with Crippen LogP contribution in [0.2, 0.25) is 5.02 Å². The number of amides is 1. The number of halogens is 2. The average molecular weight is 389 g/mol. The fourth-order valence-electron chi connectivity index (χ4n) is 2.87. The molecule has 1 aromatic rings. The number of nitrogens with zero attached hydrogens (tertiary/aromatic N) is 1. The van der Waals surface area contributed by atoms with E-state index >= 15 is 0 Å². The highest BCUT2D eigenvalue weighted by molar-refractivity contribution is 9.10. The van der Waals surface area contributed by atoms with Crippen LogP contribution in [-0.4, -0.2) is 35.0 Å². The number of aliphatic carboxylic acids is 1. The summed E-state index contributed by atoms with van der Waals surface area (Å²) in [4.78, 5) is 25.2. The van der Waals surface area contributed by atoms with Gasteiger partial charge in [0.25, 0.3) is 0 Å². The quantitative estimate of drug-likeness (QED) is 0.857.